The second-order valence-electron chi connectivity index (χ2n) is 1.82. The quantitative estimate of drug-likeness (QED) is 0.426. The Labute approximate surface area is 53.2 Å². The van der Waals surface area contributed by atoms with Gasteiger partial charge in [0, 0.05) is 15.3 Å². The van der Waals surface area contributed by atoms with Crippen LogP contribution in [0.15, 0.2) is 0 Å². The summed E-state index contributed by atoms with van der Waals surface area (Å²) in [6.07, 6.45) is 0.725. The van der Waals surface area contributed by atoms with Gasteiger partial charge in [-0.15, -0.1) is 0 Å². The Morgan fingerprint density at radius 3 is 2.88 bits per heavy atom. The maximum Gasteiger partial charge on any atom is 0.125 e. The third-order valence-electron chi connectivity index (χ3n) is 1.14. The maximum absolute atomic E-state index is 10.1. The Kier molecular flexibility index (Phi) is 3.09. The number of hydrogen-bond donors (Lipinski definition) is 0. The SMILES string of the molecule is [3H]PO[C@@H](C)[C@H](C)C=O. The van der Waals surface area contributed by atoms with Crippen LogP contribution in [0.5, 0.6) is 0 Å². The molecule has 0 saturated heterocycles. The van der Waals surface area contributed by atoms with E-state index >= 15 is 0 Å². The summed E-state index contributed by atoms with van der Waals surface area (Å²) in [7, 11) is -0.275. The van der Waals surface area contributed by atoms with Crippen molar-refractivity contribution in [2.45, 2.75) is 20.0 Å². The molecular weight excluding hydrogens is 123 g/mol. The lowest BCUT2D eigenvalue weighted by Crippen LogP contribution is -2.14. The molecule has 0 amide bonds. The van der Waals surface area contributed by atoms with E-state index in [1.807, 2.05) is 0 Å². The van der Waals surface area contributed by atoms with Gasteiger partial charge in [-0.3, -0.25) is 0 Å². The zero-order chi connectivity index (χ0) is 7.28. The van der Waals surface area contributed by atoms with E-state index < -0.39 is 0 Å². The van der Waals surface area contributed by atoms with Crippen molar-refractivity contribution >= 4 is 15.7 Å². The lowest BCUT2D eigenvalue weighted by Gasteiger charge is -2.10. The summed E-state index contributed by atoms with van der Waals surface area (Å²) in [5, 5.41) is 0. The van der Waals surface area contributed by atoms with Crippen molar-refractivity contribution in [3.05, 3.63) is 0 Å². The molecule has 0 aromatic heterocycles. The van der Waals surface area contributed by atoms with Gasteiger partial charge in [0.1, 0.15) is 6.29 Å². The molecular formula is C5H11O2P. The van der Waals surface area contributed by atoms with Gasteiger partial charge in [0.15, 0.2) is 0 Å². The average molecular weight is 136 g/mol. The highest BCUT2D eigenvalue weighted by molar-refractivity contribution is 7.09. The van der Waals surface area contributed by atoms with Crippen LogP contribution >= 0.6 is 9.41 Å². The molecule has 0 rings (SSSR count). The molecule has 0 spiro atoms. The molecule has 0 aliphatic carbocycles. The first-order valence-corrected chi connectivity index (χ1v) is 2.91. The van der Waals surface area contributed by atoms with Crippen molar-refractivity contribution < 1.29 is 9.32 Å². The zero-order valence-electron chi connectivity index (χ0n) is 6.05. The van der Waals surface area contributed by atoms with Gasteiger partial charge in [-0.25, -0.2) is 0 Å². The van der Waals surface area contributed by atoms with Crippen LogP contribution in [0.3, 0.4) is 0 Å². The molecule has 0 saturated carbocycles. The highest BCUT2D eigenvalue weighted by atomic mass is 31.0. The predicted octanol–water partition coefficient (Wildman–Crippen LogP) is 1.02. The molecule has 0 aliphatic rings. The van der Waals surface area contributed by atoms with Crippen molar-refractivity contribution in [2.24, 2.45) is 5.92 Å². The van der Waals surface area contributed by atoms with Crippen LogP contribution in [0.2, 0.25) is 0 Å². The molecule has 0 N–H and O–H groups in total. The van der Waals surface area contributed by atoms with Gasteiger partial charge in [-0.05, 0) is 6.92 Å². The standard InChI is InChI=1S/C5H11O2P/c1-4(3-6)5(2)7-8/h3-5H,8H2,1-2H3/t4-,5+/m1/s1/i8T/t4-,5+,8?. The van der Waals surface area contributed by atoms with Crippen LogP contribution in [-0.4, -0.2) is 13.7 Å². The van der Waals surface area contributed by atoms with Gasteiger partial charge in [0.05, 0.1) is 7.38 Å². The first-order chi connectivity index (χ1) is 4.22. The molecule has 0 aromatic carbocycles. The number of aldehydes is 1. The molecule has 0 aromatic rings. The number of carbonyl (C=O) groups excluding carboxylic acids is 1. The Morgan fingerprint density at radius 2 is 2.50 bits per heavy atom. The summed E-state index contributed by atoms with van der Waals surface area (Å²) in [5.41, 5.74) is 0. The lowest BCUT2D eigenvalue weighted by molar-refractivity contribution is -0.112. The highest BCUT2D eigenvalue weighted by Crippen LogP contribution is 2.06. The van der Waals surface area contributed by atoms with Crippen LogP contribution in [0.4, 0.5) is 0 Å². The fourth-order valence-corrected chi connectivity index (χ4v) is 0.433. The molecule has 8 heavy (non-hydrogen) atoms. The number of hydrogen-bond acceptors (Lipinski definition) is 2. The molecule has 3 heteroatoms. The first-order valence-electron chi connectivity index (χ1n) is 3.00. The lowest BCUT2D eigenvalue weighted by atomic mass is 10.1. The van der Waals surface area contributed by atoms with Crippen molar-refractivity contribution in [2.75, 3.05) is 0 Å². The number of carbonyl (C=O) groups is 1. The summed E-state index contributed by atoms with van der Waals surface area (Å²) in [4.78, 5) is 10.1. The summed E-state index contributed by atoms with van der Waals surface area (Å²) in [6, 6.07) is 0. The van der Waals surface area contributed by atoms with E-state index in [1.54, 1.807) is 13.8 Å². The average Bonchev–Trinajstić information content (AvgIpc) is 1.87. The van der Waals surface area contributed by atoms with E-state index in [0.29, 0.717) is 0 Å². The fraction of sp³-hybridized carbons (Fsp3) is 0.800. The van der Waals surface area contributed by atoms with E-state index in [-0.39, 0.29) is 21.4 Å². The molecule has 0 bridgehead atoms. The van der Waals surface area contributed by atoms with Crippen LogP contribution in [0.25, 0.3) is 0 Å². The minimum absolute atomic E-state index is 0.0946. The molecule has 1 unspecified atom stereocenters. The van der Waals surface area contributed by atoms with E-state index in [9.17, 15) is 4.79 Å². The van der Waals surface area contributed by atoms with Crippen LogP contribution in [0, 0.1) is 5.92 Å². The third kappa shape index (κ3) is 2.39. The Morgan fingerprint density at radius 1 is 1.88 bits per heavy atom. The topological polar surface area (TPSA) is 26.3 Å². The van der Waals surface area contributed by atoms with E-state index in [1.165, 1.54) is 0 Å². The minimum atomic E-state index is -0.275. The van der Waals surface area contributed by atoms with Gasteiger partial charge in [0.25, 0.3) is 0 Å². The smallest absolute Gasteiger partial charge is 0.125 e. The van der Waals surface area contributed by atoms with Gasteiger partial charge in [0.2, 0.25) is 0 Å². The van der Waals surface area contributed by atoms with E-state index in [4.69, 9.17) is 5.80 Å². The molecule has 0 fully saturated rings. The van der Waals surface area contributed by atoms with Gasteiger partial charge < -0.3 is 9.32 Å². The summed E-state index contributed by atoms with van der Waals surface area (Å²) >= 11 is 0. The number of rotatable bonds is 4. The van der Waals surface area contributed by atoms with Gasteiger partial charge in [-0.1, -0.05) is 6.92 Å². The Hall–Kier alpha value is 0.0600. The Bertz CT molecular complexity index is 89.0. The van der Waals surface area contributed by atoms with Crippen LogP contribution < -0.4 is 0 Å². The van der Waals surface area contributed by atoms with Crippen LogP contribution in [-0.2, 0) is 9.32 Å². The summed E-state index contributed by atoms with van der Waals surface area (Å²) in [5.74, 6) is -0.0946. The predicted molar refractivity (Wildman–Crippen MR) is 35.5 cm³/mol. The van der Waals surface area contributed by atoms with E-state index in [2.05, 4.69) is 0 Å². The normalized spacial score (nSPS) is 20.5. The second-order valence-corrected chi connectivity index (χ2v) is 2.05. The molecule has 0 radical (unpaired) electrons. The monoisotopic (exact) mass is 136 g/mol. The highest BCUT2D eigenvalue weighted by Gasteiger charge is 2.07. The summed E-state index contributed by atoms with van der Waals surface area (Å²) in [6.45, 7) is 3.57. The van der Waals surface area contributed by atoms with Crippen molar-refractivity contribution in [3.63, 3.8) is 0 Å². The van der Waals surface area contributed by atoms with Gasteiger partial charge in [-0.2, -0.15) is 0 Å². The van der Waals surface area contributed by atoms with Crippen molar-refractivity contribution in [3.8, 4) is 0 Å². The zero-order valence-corrected chi connectivity index (χ0v) is 6.05. The summed E-state index contributed by atoms with van der Waals surface area (Å²) < 4.78 is 11.5. The fourth-order valence-electron chi connectivity index (χ4n) is 0.218. The second kappa shape index (κ2) is 3.99. The molecule has 3 atom stereocenters. The molecule has 2 nitrogen and oxygen atoms in total. The third-order valence-corrected chi connectivity index (χ3v) is 1.51. The maximum atomic E-state index is 10.1. The van der Waals surface area contributed by atoms with Gasteiger partial charge >= 0.3 is 0 Å². The van der Waals surface area contributed by atoms with E-state index in [0.717, 1.165) is 6.29 Å². The minimum Gasteiger partial charge on any atom is -0.362 e. The molecule has 48 valence electrons. The molecule has 0 heterocycles. The first kappa shape index (κ1) is 6.18. The van der Waals surface area contributed by atoms with Crippen LogP contribution in [0.1, 0.15) is 13.8 Å². The Balaban J connectivity index is 3.44. The largest absolute Gasteiger partial charge is 0.362 e. The van der Waals surface area contributed by atoms with Crippen molar-refractivity contribution in [1.82, 2.24) is 0 Å². The van der Waals surface area contributed by atoms with Crippen molar-refractivity contribution in [1.29, 1.82) is 1.28 Å². The molecule has 0 aliphatic heterocycles.